The van der Waals surface area contributed by atoms with Gasteiger partial charge in [0, 0.05) is 12.0 Å². The molecule has 0 saturated heterocycles. The molecule has 0 aromatic carbocycles. The summed E-state index contributed by atoms with van der Waals surface area (Å²) in [4.78, 5) is 4.65. The third-order valence-corrected chi connectivity index (χ3v) is 3.73. The first-order chi connectivity index (χ1) is 8.79. The van der Waals surface area contributed by atoms with Crippen molar-refractivity contribution in [1.29, 1.82) is 0 Å². The third kappa shape index (κ3) is 1.86. The average Bonchev–Trinajstić information content (AvgIpc) is 2.86. The maximum Gasteiger partial charge on any atom is 0.199 e. The zero-order chi connectivity index (χ0) is 12.5. The highest BCUT2D eigenvalue weighted by Crippen LogP contribution is 2.30. The summed E-state index contributed by atoms with van der Waals surface area (Å²) < 4.78 is 1.72. The fourth-order valence-corrected chi connectivity index (χ4v) is 2.69. The van der Waals surface area contributed by atoms with Gasteiger partial charge in [0.25, 0.3) is 0 Å². The van der Waals surface area contributed by atoms with Gasteiger partial charge in [-0.15, -0.1) is 15.3 Å². The highest BCUT2D eigenvalue weighted by atomic mass is 15.4. The van der Waals surface area contributed by atoms with Gasteiger partial charge < -0.3 is 5.73 Å². The molecule has 0 amide bonds. The Morgan fingerprint density at radius 1 is 1.39 bits per heavy atom. The molecule has 2 heterocycles. The minimum atomic E-state index is 0.178. The second-order valence-corrected chi connectivity index (χ2v) is 4.92. The summed E-state index contributed by atoms with van der Waals surface area (Å²) in [5, 5.41) is 12.5. The van der Waals surface area contributed by atoms with E-state index in [0.717, 1.165) is 36.4 Å². The number of aryl methyl sites for hydroxylation is 1. The van der Waals surface area contributed by atoms with E-state index in [1.807, 2.05) is 0 Å². The first-order valence-electron chi connectivity index (χ1n) is 6.62. The largest absolute Gasteiger partial charge is 0.327 e. The molecule has 96 valence electrons. The van der Waals surface area contributed by atoms with E-state index in [1.54, 1.807) is 10.8 Å². The molecule has 2 aromatic rings. The summed E-state index contributed by atoms with van der Waals surface area (Å²) in [7, 11) is 0. The van der Waals surface area contributed by atoms with Gasteiger partial charge in [-0.3, -0.25) is 0 Å². The van der Waals surface area contributed by atoms with E-state index < -0.39 is 0 Å². The summed E-state index contributed by atoms with van der Waals surface area (Å²) in [5.41, 5.74) is 7.91. The summed E-state index contributed by atoms with van der Waals surface area (Å²) in [6, 6.07) is 0.178. The number of nitrogens with two attached hydrogens (primary N) is 1. The first kappa shape index (κ1) is 11.5. The van der Waals surface area contributed by atoms with E-state index in [9.17, 15) is 0 Å². The van der Waals surface area contributed by atoms with Crippen molar-refractivity contribution in [2.45, 2.75) is 51.0 Å². The van der Waals surface area contributed by atoms with E-state index in [4.69, 9.17) is 5.73 Å². The fraction of sp³-hybridized carbons (Fsp3) is 0.667. The number of hydrogen-bond donors (Lipinski definition) is 1. The van der Waals surface area contributed by atoms with Crippen LogP contribution in [0.25, 0.3) is 5.65 Å². The molecule has 6 nitrogen and oxygen atoms in total. The van der Waals surface area contributed by atoms with Crippen molar-refractivity contribution in [1.82, 2.24) is 24.8 Å². The molecule has 1 aliphatic carbocycles. The molecule has 3 rings (SSSR count). The molecule has 0 radical (unpaired) electrons. The number of rotatable bonds is 2. The van der Waals surface area contributed by atoms with Crippen LogP contribution < -0.4 is 5.73 Å². The van der Waals surface area contributed by atoms with Gasteiger partial charge in [-0.2, -0.15) is 4.52 Å². The molecule has 2 unspecified atom stereocenters. The zero-order valence-electron chi connectivity index (χ0n) is 10.6. The van der Waals surface area contributed by atoms with Gasteiger partial charge in [0.2, 0.25) is 0 Å². The van der Waals surface area contributed by atoms with E-state index in [2.05, 4.69) is 27.2 Å². The summed E-state index contributed by atoms with van der Waals surface area (Å²) >= 11 is 0. The SMILES string of the molecule is CCc1nc(C2CCCCC2N)nn2cnnc12. The predicted molar refractivity (Wildman–Crippen MR) is 67.1 cm³/mol. The Balaban J connectivity index is 2.05. The van der Waals surface area contributed by atoms with Crippen LogP contribution in [0.3, 0.4) is 0 Å². The van der Waals surface area contributed by atoms with Crippen LogP contribution >= 0.6 is 0 Å². The highest BCUT2D eigenvalue weighted by molar-refractivity contribution is 5.41. The van der Waals surface area contributed by atoms with Crippen LogP contribution in [0.4, 0.5) is 0 Å². The fourth-order valence-electron chi connectivity index (χ4n) is 2.69. The van der Waals surface area contributed by atoms with E-state index >= 15 is 0 Å². The number of nitrogens with zero attached hydrogens (tertiary/aromatic N) is 5. The first-order valence-corrected chi connectivity index (χ1v) is 6.62. The second-order valence-electron chi connectivity index (χ2n) is 4.92. The summed E-state index contributed by atoms with van der Waals surface area (Å²) in [6.07, 6.45) is 7.04. The Morgan fingerprint density at radius 2 is 2.22 bits per heavy atom. The van der Waals surface area contributed by atoms with Crippen LogP contribution in [-0.4, -0.2) is 30.8 Å². The van der Waals surface area contributed by atoms with Gasteiger partial charge in [-0.25, -0.2) is 4.98 Å². The van der Waals surface area contributed by atoms with Gasteiger partial charge in [-0.05, 0) is 19.3 Å². The van der Waals surface area contributed by atoms with Crippen molar-refractivity contribution < 1.29 is 0 Å². The van der Waals surface area contributed by atoms with Crippen molar-refractivity contribution in [3.05, 3.63) is 17.8 Å². The summed E-state index contributed by atoms with van der Waals surface area (Å²) in [6.45, 7) is 2.07. The lowest BCUT2D eigenvalue weighted by Crippen LogP contribution is -2.33. The molecule has 18 heavy (non-hydrogen) atoms. The molecular weight excluding hydrogens is 228 g/mol. The molecule has 2 N–H and O–H groups in total. The van der Waals surface area contributed by atoms with E-state index in [-0.39, 0.29) is 12.0 Å². The smallest absolute Gasteiger partial charge is 0.199 e. The van der Waals surface area contributed by atoms with Crippen LogP contribution in [0.5, 0.6) is 0 Å². The number of hydrogen-bond acceptors (Lipinski definition) is 5. The van der Waals surface area contributed by atoms with Crippen molar-refractivity contribution in [3.8, 4) is 0 Å². The quantitative estimate of drug-likeness (QED) is 0.857. The molecule has 2 atom stereocenters. The molecular formula is C12H18N6. The second kappa shape index (κ2) is 4.61. The monoisotopic (exact) mass is 246 g/mol. The van der Waals surface area contributed by atoms with Crippen molar-refractivity contribution in [3.63, 3.8) is 0 Å². The normalized spacial score (nSPS) is 24.6. The van der Waals surface area contributed by atoms with Gasteiger partial charge in [0.15, 0.2) is 11.5 Å². The predicted octanol–water partition coefficient (Wildman–Crippen LogP) is 1.07. The van der Waals surface area contributed by atoms with Crippen molar-refractivity contribution >= 4 is 5.65 Å². The molecule has 0 spiro atoms. The number of fused-ring (bicyclic) bond motifs is 1. The van der Waals surface area contributed by atoms with Gasteiger partial charge in [-0.1, -0.05) is 19.8 Å². The van der Waals surface area contributed by atoms with Crippen LogP contribution in [0.1, 0.15) is 50.0 Å². The number of aromatic nitrogens is 5. The van der Waals surface area contributed by atoms with Crippen molar-refractivity contribution in [2.75, 3.05) is 0 Å². The van der Waals surface area contributed by atoms with Crippen LogP contribution in [0.15, 0.2) is 6.33 Å². The minimum absolute atomic E-state index is 0.178. The Labute approximate surface area is 106 Å². The maximum atomic E-state index is 6.20. The Bertz CT molecular complexity index is 548. The molecule has 2 aromatic heterocycles. The lowest BCUT2D eigenvalue weighted by Gasteiger charge is -2.27. The topological polar surface area (TPSA) is 82.0 Å². The lowest BCUT2D eigenvalue weighted by molar-refractivity contribution is 0.369. The van der Waals surface area contributed by atoms with Crippen LogP contribution in [-0.2, 0) is 6.42 Å². The van der Waals surface area contributed by atoms with Gasteiger partial charge >= 0.3 is 0 Å². The molecule has 1 saturated carbocycles. The standard InChI is InChI=1S/C12H18N6/c1-2-10-12-16-14-7-18(12)17-11(15-10)8-5-3-4-6-9(8)13/h7-9H,2-6,13H2,1H3. The molecule has 1 aliphatic rings. The van der Waals surface area contributed by atoms with Crippen LogP contribution in [0.2, 0.25) is 0 Å². The Hall–Kier alpha value is -1.56. The minimum Gasteiger partial charge on any atom is -0.327 e. The van der Waals surface area contributed by atoms with Crippen molar-refractivity contribution in [2.24, 2.45) is 5.73 Å². The van der Waals surface area contributed by atoms with E-state index in [0.29, 0.717) is 0 Å². The molecule has 6 heteroatoms. The molecule has 1 fully saturated rings. The van der Waals surface area contributed by atoms with Gasteiger partial charge in [0.05, 0.1) is 5.69 Å². The average molecular weight is 246 g/mol. The zero-order valence-corrected chi connectivity index (χ0v) is 10.6. The third-order valence-electron chi connectivity index (χ3n) is 3.73. The lowest BCUT2D eigenvalue weighted by atomic mass is 9.84. The highest BCUT2D eigenvalue weighted by Gasteiger charge is 2.27. The molecule has 0 bridgehead atoms. The van der Waals surface area contributed by atoms with E-state index in [1.165, 1.54) is 12.8 Å². The Kier molecular flexibility index (Phi) is 2.95. The van der Waals surface area contributed by atoms with Crippen LogP contribution in [0, 0.1) is 0 Å². The maximum absolute atomic E-state index is 6.20. The molecule has 0 aliphatic heterocycles. The summed E-state index contributed by atoms with van der Waals surface area (Å²) in [5.74, 6) is 1.13. The Morgan fingerprint density at radius 3 is 3.00 bits per heavy atom. The van der Waals surface area contributed by atoms with Gasteiger partial charge in [0.1, 0.15) is 6.33 Å².